The molecular weight excluding hydrogens is 507 g/mol. The van der Waals surface area contributed by atoms with E-state index in [-0.39, 0.29) is 53.3 Å². The van der Waals surface area contributed by atoms with Crippen LogP contribution in [0.25, 0.3) is 11.0 Å². The Balaban J connectivity index is 1.27. The van der Waals surface area contributed by atoms with Crippen LogP contribution in [0.5, 0.6) is 11.5 Å². The highest BCUT2D eigenvalue weighted by Gasteiger charge is 2.31. The Morgan fingerprint density at radius 1 is 1.08 bits per heavy atom. The van der Waals surface area contributed by atoms with E-state index >= 15 is 0 Å². The maximum atomic E-state index is 12.9. The van der Waals surface area contributed by atoms with E-state index in [1.807, 2.05) is 0 Å². The molecule has 10 nitrogen and oxygen atoms in total. The molecule has 0 aliphatic carbocycles. The zero-order valence-electron chi connectivity index (χ0n) is 19.4. The molecule has 1 aliphatic rings. The van der Waals surface area contributed by atoms with Gasteiger partial charge in [0.15, 0.2) is 11.5 Å². The predicted molar refractivity (Wildman–Crippen MR) is 127 cm³/mol. The van der Waals surface area contributed by atoms with Gasteiger partial charge in [-0.3, -0.25) is 14.4 Å². The van der Waals surface area contributed by atoms with Crippen LogP contribution in [-0.2, 0) is 17.8 Å². The van der Waals surface area contributed by atoms with Crippen molar-refractivity contribution in [2.75, 3.05) is 11.9 Å². The molecule has 0 fully saturated rings. The van der Waals surface area contributed by atoms with E-state index in [2.05, 4.69) is 30.3 Å². The number of nitrogens with zero attached hydrogens (tertiary/aromatic N) is 2. The Morgan fingerprint density at radius 2 is 1.87 bits per heavy atom. The van der Waals surface area contributed by atoms with Gasteiger partial charge in [-0.15, -0.1) is 13.2 Å². The number of ketones is 1. The number of carbonyl (C=O) groups is 3. The van der Waals surface area contributed by atoms with Crippen molar-refractivity contribution >= 4 is 34.3 Å². The van der Waals surface area contributed by atoms with Gasteiger partial charge in [0.2, 0.25) is 0 Å². The van der Waals surface area contributed by atoms with Crippen molar-refractivity contribution in [3.8, 4) is 11.5 Å². The molecule has 3 heterocycles. The second kappa shape index (κ2) is 9.84. The summed E-state index contributed by atoms with van der Waals surface area (Å²) >= 11 is 0. The van der Waals surface area contributed by atoms with Gasteiger partial charge in [-0.2, -0.15) is 0 Å². The molecule has 0 radical (unpaired) electrons. The number of carbonyl (C=O) groups excluding carboxylic acids is 3. The molecule has 0 spiro atoms. The molecule has 0 unspecified atom stereocenters. The molecule has 2 amide bonds. The van der Waals surface area contributed by atoms with Gasteiger partial charge in [0.25, 0.3) is 11.8 Å². The zero-order chi connectivity index (χ0) is 26.9. The van der Waals surface area contributed by atoms with Crippen LogP contribution in [0, 0.1) is 0 Å². The number of fused-ring (bicyclic) bond motifs is 2. The summed E-state index contributed by atoms with van der Waals surface area (Å²) in [4.78, 5) is 48.2. The smallest absolute Gasteiger partial charge is 0.486 e. The van der Waals surface area contributed by atoms with E-state index in [9.17, 15) is 27.6 Å². The SMILES string of the molecule is O=C1COc2ccc(CNC(=O)c3ncnc4c(NC(=O)c5ccc(OC(F)(F)F)cc5)c[nH]c34)cc2C1. The van der Waals surface area contributed by atoms with E-state index < -0.39 is 23.9 Å². The Kier molecular flexibility index (Phi) is 6.41. The Morgan fingerprint density at radius 3 is 2.63 bits per heavy atom. The van der Waals surface area contributed by atoms with Gasteiger partial charge in [0.1, 0.15) is 29.9 Å². The fourth-order valence-corrected chi connectivity index (χ4v) is 3.92. The Labute approximate surface area is 212 Å². The molecule has 0 atom stereocenters. The second-order valence-corrected chi connectivity index (χ2v) is 8.30. The summed E-state index contributed by atoms with van der Waals surface area (Å²) in [6.45, 7) is 0.221. The average Bonchev–Trinajstić information content (AvgIpc) is 3.29. The lowest BCUT2D eigenvalue weighted by Gasteiger charge is -2.17. The molecule has 5 rings (SSSR count). The highest BCUT2D eigenvalue weighted by molar-refractivity contribution is 6.11. The minimum absolute atomic E-state index is 0.0239. The van der Waals surface area contributed by atoms with Gasteiger partial charge in [0.05, 0.1) is 11.2 Å². The minimum Gasteiger partial charge on any atom is -0.486 e. The number of hydrogen-bond donors (Lipinski definition) is 3. The second-order valence-electron chi connectivity index (χ2n) is 8.30. The summed E-state index contributed by atoms with van der Waals surface area (Å²) in [5.74, 6) is -0.943. The van der Waals surface area contributed by atoms with Gasteiger partial charge in [-0.1, -0.05) is 6.07 Å². The third-order valence-electron chi connectivity index (χ3n) is 5.63. The van der Waals surface area contributed by atoms with Gasteiger partial charge in [-0.05, 0) is 42.0 Å². The maximum Gasteiger partial charge on any atom is 0.573 e. The number of ether oxygens (including phenoxy) is 2. The summed E-state index contributed by atoms with van der Waals surface area (Å²) < 4.78 is 46.2. The number of alkyl halides is 3. The number of H-pyrrole nitrogens is 1. The zero-order valence-corrected chi connectivity index (χ0v) is 19.4. The molecule has 0 bridgehead atoms. The number of aromatic nitrogens is 3. The molecule has 2 aromatic carbocycles. The normalized spacial score (nSPS) is 13.0. The first-order valence-corrected chi connectivity index (χ1v) is 11.2. The molecular formula is C25H18F3N5O5. The van der Waals surface area contributed by atoms with Crippen LogP contribution in [0.3, 0.4) is 0 Å². The van der Waals surface area contributed by atoms with E-state index in [0.29, 0.717) is 5.75 Å². The molecule has 0 saturated carbocycles. The van der Waals surface area contributed by atoms with Crippen molar-refractivity contribution in [1.82, 2.24) is 20.3 Å². The van der Waals surface area contributed by atoms with Crippen LogP contribution >= 0.6 is 0 Å². The van der Waals surface area contributed by atoms with Crippen LogP contribution in [-0.4, -0.2) is 45.5 Å². The number of benzene rings is 2. The molecule has 4 aromatic rings. The quantitative estimate of drug-likeness (QED) is 0.350. The van der Waals surface area contributed by atoms with Crippen molar-refractivity contribution in [3.05, 3.63) is 77.4 Å². The first-order valence-electron chi connectivity index (χ1n) is 11.2. The van der Waals surface area contributed by atoms with Crippen molar-refractivity contribution in [1.29, 1.82) is 0 Å². The number of rotatable bonds is 6. The van der Waals surface area contributed by atoms with Crippen LogP contribution in [0.4, 0.5) is 18.9 Å². The van der Waals surface area contributed by atoms with E-state index in [4.69, 9.17) is 4.74 Å². The number of halogens is 3. The van der Waals surface area contributed by atoms with E-state index in [1.165, 1.54) is 24.7 Å². The molecule has 194 valence electrons. The topological polar surface area (TPSA) is 135 Å². The Bertz CT molecular complexity index is 1550. The summed E-state index contributed by atoms with van der Waals surface area (Å²) in [6.07, 6.45) is -1.97. The number of nitrogens with one attached hydrogen (secondary N) is 3. The molecule has 0 saturated heterocycles. The third-order valence-corrected chi connectivity index (χ3v) is 5.63. The van der Waals surface area contributed by atoms with Crippen molar-refractivity contribution in [2.45, 2.75) is 19.3 Å². The largest absolute Gasteiger partial charge is 0.573 e. The average molecular weight is 525 g/mol. The Hall–Kier alpha value is -4.94. The lowest BCUT2D eigenvalue weighted by Crippen LogP contribution is -2.25. The molecule has 2 aromatic heterocycles. The van der Waals surface area contributed by atoms with Crippen LogP contribution in [0.1, 0.15) is 32.0 Å². The molecule has 1 aliphatic heterocycles. The lowest BCUT2D eigenvalue weighted by atomic mass is 10.0. The van der Waals surface area contributed by atoms with Crippen LogP contribution in [0.2, 0.25) is 0 Å². The van der Waals surface area contributed by atoms with E-state index in [1.54, 1.807) is 18.2 Å². The first-order chi connectivity index (χ1) is 18.2. The summed E-state index contributed by atoms with van der Waals surface area (Å²) in [5, 5.41) is 5.38. The molecule has 38 heavy (non-hydrogen) atoms. The van der Waals surface area contributed by atoms with E-state index in [0.717, 1.165) is 23.3 Å². The maximum absolute atomic E-state index is 12.9. The third kappa shape index (κ3) is 5.40. The number of Topliss-reactive ketones (excluding diaryl/α,β-unsaturated/α-hetero) is 1. The first kappa shape index (κ1) is 24.7. The van der Waals surface area contributed by atoms with Crippen molar-refractivity contribution in [2.24, 2.45) is 0 Å². The lowest BCUT2D eigenvalue weighted by molar-refractivity contribution is -0.274. The van der Waals surface area contributed by atoms with Crippen molar-refractivity contribution < 1.29 is 37.0 Å². The summed E-state index contributed by atoms with van der Waals surface area (Å²) in [7, 11) is 0. The minimum atomic E-state index is -4.84. The number of amides is 2. The predicted octanol–water partition coefficient (Wildman–Crippen LogP) is 3.54. The van der Waals surface area contributed by atoms with Crippen molar-refractivity contribution in [3.63, 3.8) is 0 Å². The monoisotopic (exact) mass is 525 g/mol. The van der Waals surface area contributed by atoms with Gasteiger partial charge in [0, 0.05) is 30.3 Å². The highest BCUT2D eigenvalue weighted by atomic mass is 19.4. The standard InChI is InChI=1S/C25H18F3N5O5/c26-25(27,28)38-17-4-2-14(3-5-17)23(35)33-18-10-29-21-20(18)31-12-32-22(21)24(36)30-9-13-1-6-19-15(7-13)8-16(34)11-37-19/h1-7,10,12,29H,8-9,11H2,(H,30,36)(H,33,35). The molecule has 13 heteroatoms. The van der Waals surface area contributed by atoms with Crippen LogP contribution < -0.4 is 20.1 Å². The number of anilines is 1. The van der Waals surface area contributed by atoms with Gasteiger partial charge in [-0.25, -0.2) is 9.97 Å². The fraction of sp³-hybridized carbons (Fsp3) is 0.160. The highest BCUT2D eigenvalue weighted by Crippen LogP contribution is 2.26. The van der Waals surface area contributed by atoms with Gasteiger partial charge >= 0.3 is 6.36 Å². The number of aromatic amines is 1. The molecule has 3 N–H and O–H groups in total. The fourth-order valence-electron chi connectivity index (χ4n) is 3.92. The summed E-state index contributed by atoms with van der Waals surface area (Å²) in [5.41, 5.74) is 2.44. The van der Waals surface area contributed by atoms with Gasteiger partial charge < -0.3 is 25.1 Å². The van der Waals surface area contributed by atoms with Crippen LogP contribution in [0.15, 0.2) is 55.0 Å². The number of hydrogen-bond acceptors (Lipinski definition) is 7. The summed E-state index contributed by atoms with van der Waals surface area (Å²) in [6, 6.07) is 9.75.